The highest BCUT2D eigenvalue weighted by Crippen LogP contribution is 2.46. The molecule has 2 aromatic carbocycles. The van der Waals surface area contributed by atoms with Gasteiger partial charge in [0.15, 0.2) is 5.82 Å². The second-order valence-electron chi connectivity index (χ2n) is 12.2. The first-order chi connectivity index (χ1) is 19.8. The smallest absolute Gasteiger partial charge is 0.279 e. The predicted octanol–water partition coefficient (Wildman–Crippen LogP) is 6.10. The molecule has 0 radical (unpaired) electrons. The first-order valence-electron chi connectivity index (χ1n) is 13.8. The molecule has 42 heavy (non-hydrogen) atoms. The van der Waals surface area contributed by atoms with Crippen molar-refractivity contribution >= 4 is 46.6 Å². The first kappa shape index (κ1) is 31.1. The Balaban J connectivity index is 1.76. The molecule has 0 saturated heterocycles. The van der Waals surface area contributed by atoms with Crippen molar-refractivity contribution in [1.82, 2.24) is 10.2 Å². The Labute approximate surface area is 256 Å². The van der Waals surface area contributed by atoms with E-state index < -0.39 is 0 Å². The van der Waals surface area contributed by atoms with Gasteiger partial charge in [-0.2, -0.15) is 5.10 Å². The van der Waals surface area contributed by atoms with Crippen molar-refractivity contribution in [2.24, 2.45) is 32.5 Å². The van der Waals surface area contributed by atoms with Gasteiger partial charge < -0.3 is 16.9 Å². The fourth-order valence-electron chi connectivity index (χ4n) is 4.48. The summed E-state index contributed by atoms with van der Waals surface area (Å²) in [5.74, 6) is 5.03. The summed E-state index contributed by atoms with van der Waals surface area (Å²) in [5, 5.41) is 6.87. The Kier molecular flexibility index (Phi) is 9.34. The Bertz CT molecular complexity index is 1520. The summed E-state index contributed by atoms with van der Waals surface area (Å²) in [7, 11) is 0. The standard InChI is InChI=1S/C32H36Cl2N6O2/c1-31(2,3)13-11-25(20-7-9-21(10-8-20)29(41)37-19-26(35)39-36)40-27(6-5-12-32(4)14-15-32)38-28(30(40)42)22-16-23(33)18-24(34)17-22/h7-10,12,16-18,25H,11,13-15,19,36H2,1-4H3,(H2,35,39)(H,37,41)/t25-/m1/s1. The minimum absolute atomic E-state index is 0.00960. The average molecular weight is 608 g/mol. The van der Waals surface area contributed by atoms with Gasteiger partial charge in [-0.15, -0.1) is 0 Å². The number of rotatable bonds is 9. The number of hydrogen-bond acceptors (Lipinski definition) is 5. The van der Waals surface area contributed by atoms with E-state index in [2.05, 4.69) is 49.6 Å². The van der Waals surface area contributed by atoms with Gasteiger partial charge >= 0.3 is 0 Å². The summed E-state index contributed by atoms with van der Waals surface area (Å²) in [4.78, 5) is 33.1. The van der Waals surface area contributed by atoms with Gasteiger partial charge in [0.2, 0.25) is 0 Å². The maximum Gasteiger partial charge on any atom is 0.279 e. The summed E-state index contributed by atoms with van der Waals surface area (Å²) >= 11 is 12.6. The van der Waals surface area contributed by atoms with E-state index in [1.54, 1.807) is 35.2 Å². The van der Waals surface area contributed by atoms with E-state index in [0.717, 1.165) is 24.8 Å². The number of nitrogens with zero attached hydrogens (tertiary/aromatic N) is 3. The third-order valence-corrected chi connectivity index (χ3v) is 7.72. The fourth-order valence-corrected chi connectivity index (χ4v) is 5.01. The molecule has 8 nitrogen and oxygen atoms in total. The zero-order chi connectivity index (χ0) is 30.7. The van der Waals surface area contributed by atoms with Crippen LogP contribution in [0.2, 0.25) is 10.0 Å². The number of amidine groups is 1. The molecule has 4 rings (SSSR count). The molecule has 0 spiro atoms. The third kappa shape index (κ3) is 7.93. The molecule has 2 aromatic rings. The summed E-state index contributed by atoms with van der Waals surface area (Å²) in [6.07, 6.45) is 5.65. The van der Waals surface area contributed by atoms with Gasteiger partial charge in [0.05, 0.1) is 12.6 Å². The average Bonchev–Trinajstić information content (AvgIpc) is 3.58. The highest BCUT2D eigenvalue weighted by Gasteiger charge is 2.38. The number of allylic oxidation sites excluding steroid dienone is 1. The van der Waals surface area contributed by atoms with Crippen LogP contribution in [0.1, 0.15) is 80.9 Å². The molecule has 2 amide bonds. The lowest BCUT2D eigenvalue weighted by Crippen LogP contribution is -2.35. The Morgan fingerprint density at radius 2 is 1.83 bits per heavy atom. The number of carbonyl (C=O) groups excluding carboxylic acids is 2. The minimum Gasteiger partial charge on any atom is -0.384 e. The number of halogens is 2. The van der Waals surface area contributed by atoms with Gasteiger partial charge in [0.25, 0.3) is 11.8 Å². The lowest BCUT2D eigenvalue weighted by Gasteiger charge is -2.30. The molecule has 1 atom stereocenters. The van der Waals surface area contributed by atoms with Crippen molar-refractivity contribution < 1.29 is 9.59 Å². The van der Waals surface area contributed by atoms with Crippen molar-refractivity contribution in [2.75, 3.05) is 6.54 Å². The van der Waals surface area contributed by atoms with E-state index in [-0.39, 0.29) is 46.8 Å². The Hall–Kier alpha value is -3.80. The molecule has 0 bridgehead atoms. The van der Waals surface area contributed by atoms with E-state index in [0.29, 0.717) is 33.4 Å². The van der Waals surface area contributed by atoms with Gasteiger partial charge in [0, 0.05) is 21.2 Å². The van der Waals surface area contributed by atoms with Crippen molar-refractivity contribution in [2.45, 2.75) is 59.4 Å². The molecule has 1 heterocycles. The number of nitrogens with two attached hydrogens (primary N) is 2. The van der Waals surface area contributed by atoms with E-state index in [1.807, 2.05) is 18.2 Å². The molecule has 1 fully saturated rings. The minimum atomic E-state index is -0.384. The predicted molar refractivity (Wildman–Crippen MR) is 168 cm³/mol. The second kappa shape index (κ2) is 12.6. The molecular formula is C32H36Cl2N6O2. The number of carbonyl (C=O) groups is 2. The molecule has 0 aromatic heterocycles. The highest BCUT2D eigenvalue weighted by molar-refractivity contribution is 6.48. The number of hydrazone groups is 1. The molecule has 1 aliphatic carbocycles. The topological polar surface area (TPSA) is 126 Å². The molecule has 0 unspecified atom stereocenters. The lowest BCUT2D eigenvalue weighted by atomic mass is 9.86. The van der Waals surface area contributed by atoms with E-state index in [9.17, 15) is 9.59 Å². The van der Waals surface area contributed by atoms with Gasteiger partial charge in [-0.05, 0) is 84.2 Å². The second-order valence-corrected chi connectivity index (χ2v) is 13.1. The van der Waals surface area contributed by atoms with Gasteiger partial charge in [-0.25, -0.2) is 4.99 Å². The van der Waals surface area contributed by atoms with Gasteiger partial charge in [-0.1, -0.05) is 68.8 Å². The van der Waals surface area contributed by atoms with Crippen LogP contribution in [-0.4, -0.2) is 34.8 Å². The highest BCUT2D eigenvalue weighted by atomic mass is 35.5. The fraction of sp³-hybridized carbons (Fsp3) is 0.375. The Morgan fingerprint density at radius 3 is 2.40 bits per heavy atom. The number of amides is 2. The third-order valence-electron chi connectivity index (χ3n) is 7.28. The van der Waals surface area contributed by atoms with Crippen molar-refractivity contribution in [3.05, 3.63) is 92.6 Å². The summed E-state index contributed by atoms with van der Waals surface area (Å²) < 4.78 is 0. The SMILES string of the molecule is CC(C)(C)CC[C@H](c1ccc(C(=O)NC/C(N)=N/N)cc1)N1C(=O)C(c2cc(Cl)cc(Cl)c2)=NC1=C=C=CC1(C)CC1. The van der Waals surface area contributed by atoms with Crippen LogP contribution in [0.3, 0.4) is 0 Å². The van der Waals surface area contributed by atoms with Crippen LogP contribution in [0.25, 0.3) is 0 Å². The molecule has 1 saturated carbocycles. The number of nitrogens with one attached hydrogen (secondary N) is 1. The monoisotopic (exact) mass is 606 g/mol. The summed E-state index contributed by atoms with van der Waals surface area (Å²) in [6, 6.07) is 11.7. The molecule has 10 heteroatoms. The van der Waals surface area contributed by atoms with Crippen LogP contribution in [0.15, 0.2) is 75.9 Å². The maximum absolute atomic E-state index is 14.1. The van der Waals surface area contributed by atoms with E-state index >= 15 is 0 Å². The number of hydrogen-bond donors (Lipinski definition) is 3. The maximum atomic E-state index is 14.1. The normalized spacial score (nSPS) is 16.9. The largest absolute Gasteiger partial charge is 0.384 e. The van der Waals surface area contributed by atoms with Crippen molar-refractivity contribution in [3.63, 3.8) is 0 Å². The van der Waals surface area contributed by atoms with Crippen LogP contribution in [-0.2, 0) is 4.79 Å². The molecule has 1 aliphatic heterocycles. The molecule has 5 N–H and O–H groups in total. The van der Waals surface area contributed by atoms with Crippen LogP contribution in [0.4, 0.5) is 0 Å². The summed E-state index contributed by atoms with van der Waals surface area (Å²) in [5.41, 5.74) is 14.1. The van der Waals surface area contributed by atoms with Crippen LogP contribution in [0, 0.1) is 10.8 Å². The van der Waals surface area contributed by atoms with Crippen molar-refractivity contribution in [3.8, 4) is 0 Å². The van der Waals surface area contributed by atoms with Crippen LogP contribution in [0.5, 0.6) is 0 Å². The summed E-state index contributed by atoms with van der Waals surface area (Å²) in [6.45, 7) is 8.67. The molecule has 2 aliphatic rings. The van der Waals surface area contributed by atoms with E-state index in [1.165, 1.54) is 0 Å². The van der Waals surface area contributed by atoms with Crippen molar-refractivity contribution in [1.29, 1.82) is 0 Å². The zero-order valence-electron chi connectivity index (χ0n) is 24.3. The number of benzene rings is 2. The van der Waals surface area contributed by atoms with Gasteiger partial charge in [-0.3, -0.25) is 14.5 Å². The Morgan fingerprint density at radius 1 is 1.19 bits per heavy atom. The number of aliphatic imine (C=N–C) groups is 1. The first-order valence-corrected chi connectivity index (χ1v) is 14.6. The van der Waals surface area contributed by atoms with Crippen LogP contribution >= 0.6 is 23.2 Å². The molecular weight excluding hydrogens is 571 g/mol. The zero-order valence-corrected chi connectivity index (χ0v) is 25.8. The molecule has 220 valence electrons. The van der Waals surface area contributed by atoms with Crippen LogP contribution < -0.4 is 16.9 Å². The lowest BCUT2D eigenvalue weighted by molar-refractivity contribution is -0.123. The van der Waals surface area contributed by atoms with Gasteiger partial charge in [0.1, 0.15) is 11.5 Å². The quantitative estimate of drug-likeness (QED) is 0.105. The van der Waals surface area contributed by atoms with E-state index in [4.69, 9.17) is 39.8 Å².